The van der Waals surface area contributed by atoms with Gasteiger partial charge in [-0.25, -0.2) is 0 Å². The number of aliphatic hydroxyl groups is 1. The molecule has 1 aliphatic rings. The Balaban J connectivity index is 1.97. The van der Waals surface area contributed by atoms with Gasteiger partial charge in [-0.2, -0.15) is 0 Å². The largest absolute Gasteiger partial charge is 0.395 e. The highest BCUT2D eigenvalue weighted by Gasteiger charge is 2.42. The molecule has 1 aromatic rings. The van der Waals surface area contributed by atoms with Gasteiger partial charge in [0, 0.05) is 30.5 Å². The molecule has 1 aliphatic carbocycles. The fraction of sp³-hybridized carbons (Fsp3) is 0.625. The zero-order chi connectivity index (χ0) is 13.9. The number of hydrogen-bond acceptors (Lipinski definition) is 3. The Morgan fingerprint density at radius 1 is 1.32 bits per heavy atom. The van der Waals surface area contributed by atoms with Gasteiger partial charge in [-0.15, -0.1) is 0 Å². The highest BCUT2D eigenvalue weighted by atomic mass is 16.3. The van der Waals surface area contributed by atoms with Gasteiger partial charge < -0.3 is 15.3 Å². The highest BCUT2D eigenvalue weighted by Crippen LogP contribution is 2.48. The van der Waals surface area contributed by atoms with E-state index in [0.717, 1.165) is 6.54 Å². The van der Waals surface area contributed by atoms with Gasteiger partial charge in [0.05, 0.1) is 6.61 Å². The van der Waals surface area contributed by atoms with Crippen molar-refractivity contribution in [2.24, 2.45) is 5.41 Å². The molecule has 1 atom stereocenters. The Morgan fingerprint density at radius 2 is 1.95 bits per heavy atom. The van der Waals surface area contributed by atoms with E-state index >= 15 is 0 Å². The van der Waals surface area contributed by atoms with E-state index in [9.17, 15) is 0 Å². The molecule has 3 nitrogen and oxygen atoms in total. The summed E-state index contributed by atoms with van der Waals surface area (Å²) >= 11 is 0. The van der Waals surface area contributed by atoms with Crippen LogP contribution in [-0.4, -0.2) is 30.8 Å². The van der Waals surface area contributed by atoms with E-state index in [4.69, 9.17) is 5.11 Å². The molecule has 2 rings (SSSR count). The van der Waals surface area contributed by atoms with Crippen molar-refractivity contribution >= 4 is 11.4 Å². The van der Waals surface area contributed by atoms with Crippen LogP contribution in [0.4, 0.5) is 11.4 Å². The fourth-order valence-electron chi connectivity index (χ4n) is 2.41. The molecule has 19 heavy (non-hydrogen) atoms. The first-order valence-corrected chi connectivity index (χ1v) is 7.31. The molecule has 1 aromatic carbocycles. The number of hydrogen-bond donors (Lipinski definition) is 2. The second-order valence-corrected chi connectivity index (χ2v) is 5.87. The first kappa shape index (κ1) is 14.2. The Labute approximate surface area is 116 Å². The molecule has 0 aromatic heterocycles. The first-order valence-electron chi connectivity index (χ1n) is 7.31. The monoisotopic (exact) mass is 262 g/mol. The van der Waals surface area contributed by atoms with Crippen LogP contribution in [0.2, 0.25) is 0 Å². The summed E-state index contributed by atoms with van der Waals surface area (Å²) in [6.45, 7) is 8.53. The van der Waals surface area contributed by atoms with E-state index in [2.05, 4.69) is 55.3 Å². The van der Waals surface area contributed by atoms with E-state index < -0.39 is 0 Å². The van der Waals surface area contributed by atoms with E-state index in [1.807, 2.05) is 0 Å². The third kappa shape index (κ3) is 3.41. The summed E-state index contributed by atoms with van der Waals surface area (Å²) in [5.41, 5.74) is 2.85. The SMILES string of the molecule is CCN(CCO)c1ccc(NC(C)C2(C)CC2)cc1. The minimum atomic E-state index is 0.198. The third-order valence-electron chi connectivity index (χ3n) is 4.45. The predicted molar refractivity (Wildman–Crippen MR) is 81.8 cm³/mol. The molecule has 0 amide bonds. The summed E-state index contributed by atoms with van der Waals surface area (Å²) < 4.78 is 0. The second-order valence-electron chi connectivity index (χ2n) is 5.87. The maximum atomic E-state index is 9.05. The summed E-state index contributed by atoms with van der Waals surface area (Å²) in [5, 5.41) is 12.6. The average molecular weight is 262 g/mol. The minimum absolute atomic E-state index is 0.198. The van der Waals surface area contributed by atoms with Crippen molar-refractivity contribution in [1.29, 1.82) is 0 Å². The maximum absolute atomic E-state index is 9.05. The molecule has 0 bridgehead atoms. The summed E-state index contributed by atoms with van der Waals surface area (Å²) in [7, 11) is 0. The van der Waals surface area contributed by atoms with Gasteiger partial charge in [0.2, 0.25) is 0 Å². The first-order chi connectivity index (χ1) is 9.09. The maximum Gasteiger partial charge on any atom is 0.0606 e. The normalized spacial score (nSPS) is 17.9. The number of aliphatic hydroxyl groups excluding tert-OH is 1. The number of anilines is 2. The molecule has 0 heterocycles. The lowest BCUT2D eigenvalue weighted by Gasteiger charge is -2.24. The zero-order valence-electron chi connectivity index (χ0n) is 12.3. The summed E-state index contributed by atoms with van der Waals surface area (Å²) in [4.78, 5) is 2.18. The van der Waals surface area contributed by atoms with Gasteiger partial charge in [0.1, 0.15) is 0 Å². The summed E-state index contributed by atoms with van der Waals surface area (Å²) in [6.07, 6.45) is 2.67. The van der Waals surface area contributed by atoms with E-state index in [0.29, 0.717) is 18.0 Å². The second kappa shape index (κ2) is 5.83. The molecular formula is C16H26N2O. The van der Waals surface area contributed by atoms with Crippen LogP contribution in [0.15, 0.2) is 24.3 Å². The van der Waals surface area contributed by atoms with Crippen molar-refractivity contribution in [2.45, 2.75) is 39.7 Å². The molecule has 106 valence electrons. The van der Waals surface area contributed by atoms with Crippen molar-refractivity contribution < 1.29 is 5.11 Å². The van der Waals surface area contributed by atoms with Crippen LogP contribution >= 0.6 is 0 Å². The molecule has 1 saturated carbocycles. The van der Waals surface area contributed by atoms with Crippen LogP contribution in [0, 0.1) is 5.41 Å². The third-order valence-corrected chi connectivity index (χ3v) is 4.45. The van der Waals surface area contributed by atoms with Crippen molar-refractivity contribution in [3.05, 3.63) is 24.3 Å². The quantitative estimate of drug-likeness (QED) is 0.792. The minimum Gasteiger partial charge on any atom is -0.395 e. The molecule has 0 aliphatic heterocycles. The van der Waals surface area contributed by atoms with Crippen LogP contribution in [0.1, 0.15) is 33.6 Å². The van der Waals surface area contributed by atoms with E-state index in [1.165, 1.54) is 24.2 Å². The smallest absolute Gasteiger partial charge is 0.0606 e. The molecule has 0 spiro atoms. The van der Waals surface area contributed by atoms with Crippen molar-refractivity contribution in [3.63, 3.8) is 0 Å². The fourth-order valence-corrected chi connectivity index (χ4v) is 2.41. The van der Waals surface area contributed by atoms with Gasteiger partial charge in [-0.05, 0) is 56.4 Å². The lowest BCUT2D eigenvalue weighted by atomic mass is 10.0. The number of rotatable bonds is 7. The average Bonchev–Trinajstić information content (AvgIpc) is 3.16. The standard InChI is InChI=1S/C16H26N2O/c1-4-18(11-12-19)15-7-5-14(6-8-15)17-13(2)16(3)9-10-16/h5-8,13,17,19H,4,9-12H2,1-3H3. The van der Waals surface area contributed by atoms with Crippen molar-refractivity contribution in [3.8, 4) is 0 Å². The Morgan fingerprint density at radius 3 is 2.42 bits per heavy atom. The van der Waals surface area contributed by atoms with Crippen LogP contribution in [0.3, 0.4) is 0 Å². The van der Waals surface area contributed by atoms with Crippen LogP contribution in [0.5, 0.6) is 0 Å². The van der Waals surface area contributed by atoms with Gasteiger partial charge in [0.25, 0.3) is 0 Å². The highest BCUT2D eigenvalue weighted by molar-refractivity contribution is 5.55. The molecule has 3 heteroatoms. The topological polar surface area (TPSA) is 35.5 Å². The molecule has 1 fully saturated rings. The van der Waals surface area contributed by atoms with Gasteiger partial charge in [0.15, 0.2) is 0 Å². The predicted octanol–water partition coefficient (Wildman–Crippen LogP) is 3.11. The molecule has 0 saturated heterocycles. The Kier molecular flexibility index (Phi) is 4.35. The van der Waals surface area contributed by atoms with Gasteiger partial charge >= 0.3 is 0 Å². The molecule has 2 N–H and O–H groups in total. The number of benzene rings is 1. The summed E-state index contributed by atoms with van der Waals surface area (Å²) in [6, 6.07) is 9.06. The number of likely N-dealkylation sites (N-methyl/N-ethyl adjacent to an activating group) is 1. The molecular weight excluding hydrogens is 236 g/mol. The van der Waals surface area contributed by atoms with E-state index in [-0.39, 0.29) is 6.61 Å². The summed E-state index contributed by atoms with van der Waals surface area (Å²) in [5.74, 6) is 0. The molecule has 1 unspecified atom stereocenters. The van der Waals surface area contributed by atoms with Crippen molar-refractivity contribution in [1.82, 2.24) is 0 Å². The molecule has 0 radical (unpaired) electrons. The zero-order valence-corrected chi connectivity index (χ0v) is 12.3. The van der Waals surface area contributed by atoms with Crippen molar-refractivity contribution in [2.75, 3.05) is 29.9 Å². The number of nitrogens with one attached hydrogen (secondary N) is 1. The van der Waals surface area contributed by atoms with Crippen LogP contribution in [0.25, 0.3) is 0 Å². The lowest BCUT2D eigenvalue weighted by molar-refractivity contribution is 0.302. The Hall–Kier alpha value is -1.22. The Bertz CT molecular complexity index is 398. The van der Waals surface area contributed by atoms with Crippen LogP contribution in [-0.2, 0) is 0 Å². The lowest BCUT2D eigenvalue weighted by Crippen LogP contribution is -2.26. The van der Waals surface area contributed by atoms with Crippen LogP contribution < -0.4 is 10.2 Å². The number of nitrogens with zero attached hydrogens (tertiary/aromatic N) is 1. The van der Waals surface area contributed by atoms with Gasteiger partial charge in [-0.3, -0.25) is 0 Å². The van der Waals surface area contributed by atoms with E-state index in [1.54, 1.807) is 0 Å². The van der Waals surface area contributed by atoms with Gasteiger partial charge in [-0.1, -0.05) is 6.92 Å².